The minimum absolute atomic E-state index is 0.0145. The van der Waals surface area contributed by atoms with Crippen LogP contribution >= 0.6 is 0 Å². The summed E-state index contributed by atoms with van der Waals surface area (Å²) in [6.45, 7) is 0.281. The van der Waals surface area contributed by atoms with Gasteiger partial charge in [-0.05, 0) is 42.5 Å². The first kappa shape index (κ1) is 29.1. The van der Waals surface area contributed by atoms with Gasteiger partial charge in [-0.15, -0.1) is 0 Å². The van der Waals surface area contributed by atoms with Crippen LogP contribution in [0.25, 0.3) is 0 Å². The Hall–Kier alpha value is -4.45. The number of carbonyl (C=O) groups is 5. The predicted molar refractivity (Wildman–Crippen MR) is 138 cm³/mol. The second kappa shape index (κ2) is 13.4. The number of rotatable bonds is 12. The standard InChI is InChI=1S/C27H32N4O8/c28-19(13-16-5-2-1-3-6-16)26(37)31-12-4-7-22(31)25(36)29-20(15-23(33)34)24(35)30-21(27(38)39)14-17-8-10-18(32)11-9-17/h1-3,5-6,8-11,19-22,32H,4,7,12-15,28H2,(H,29,36)(H,30,35)(H,33,34)(H,38,39). The number of carbonyl (C=O) groups excluding carboxylic acids is 3. The maximum absolute atomic E-state index is 13.1. The number of phenolic OH excluding ortho intramolecular Hbond substituents is 1. The van der Waals surface area contributed by atoms with Crippen molar-refractivity contribution in [3.63, 3.8) is 0 Å². The van der Waals surface area contributed by atoms with Gasteiger partial charge in [-0.25, -0.2) is 4.79 Å². The van der Waals surface area contributed by atoms with E-state index < -0.39 is 60.2 Å². The first-order valence-electron chi connectivity index (χ1n) is 12.5. The van der Waals surface area contributed by atoms with Crippen LogP contribution in [-0.4, -0.2) is 80.6 Å². The zero-order valence-corrected chi connectivity index (χ0v) is 21.2. The highest BCUT2D eigenvalue weighted by Gasteiger charge is 2.38. The van der Waals surface area contributed by atoms with Gasteiger partial charge in [0.2, 0.25) is 17.7 Å². The van der Waals surface area contributed by atoms with Crippen LogP contribution in [0.3, 0.4) is 0 Å². The van der Waals surface area contributed by atoms with Gasteiger partial charge in [0.25, 0.3) is 0 Å². The Balaban J connectivity index is 1.67. The van der Waals surface area contributed by atoms with Gasteiger partial charge in [0.05, 0.1) is 12.5 Å². The fourth-order valence-corrected chi connectivity index (χ4v) is 4.46. The number of aliphatic carboxylic acids is 2. The topological polar surface area (TPSA) is 199 Å². The van der Waals surface area contributed by atoms with Crippen LogP contribution in [-0.2, 0) is 36.8 Å². The van der Waals surface area contributed by atoms with Crippen molar-refractivity contribution in [1.29, 1.82) is 0 Å². The summed E-state index contributed by atoms with van der Waals surface area (Å²) in [7, 11) is 0. The second-order valence-electron chi connectivity index (χ2n) is 9.41. The number of nitrogens with two attached hydrogens (primary N) is 1. The van der Waals surface area contributed by atoms with E-state index in [0.717, 1.165) is 5.56 Å². The van der Waals surface area contributed by atoms with Crippen molar-refractivity contribution in [2.75, 3.05) is 6.54 Å². The predicted octanol–water partition coefficient (Wildman–Crippen LogP) is 0.0246. The molecule has 12 heteroatoms. The summed E-state index contributed by atoms with van der Waals surface area (Å²) in [6, 6.07) is 10.0. The van der Waals surface area contributed by atoms with E-state index in [1.54, 1.807) is 0 Å². The Bertz CT molecular complexity index is 1190. The lowest BCUT2D eigenvalue weighted by Gasteiger charge is -2.28. The molecule has 39 heavy (non-hydrogen) atoms. The Morgan fingerprint density at radius 3 is 2.15 bits per heavy atom. The summed E-state index contributed by atoms with van der Waals surface area (Å²) in [6.07, 6.45) is 0.157. The normalized spacial score (nSPS) is 17.1. The maximum Gasteiger partial charge on any atom is 0.326 e. The average Bonchev–Trinajstić information content (AvgIpc) is 3.39. The Morgan fingerprint density at radius 2 is 1.54 bits per heavy atom. The zero-order valence-electron chi connectivity index (χ0n) is 21.2. The van der Waals surface area contributed by atoms with Crippen molar-refractivity contribution in [3.05, 3.63) is 65.7 Å². The molecule has 3 rings (SSSR count). The van der Waals surface area contributed by atoms with Crippen LogP contribution in [0.15, 0.2) is 54.6 Å². The van der Waals surface area contributed by atoms with Gasteiger partial charge < -0.3 is 36.6 Å². The van der Waals surface area contributed by atoms with Gasteiger partial charge in [0, 0.05) is 13.0 Å². The fraction of sp³-hybridized carbons (Fsp3) is 0.370. The van der Waals surface area contributed by atoms with Crippen LogP contribution in [0, 0.1) is 0 Å². The van der Waals surface area contributed by atoms with Crippen LogP contribution in [0.1, 0.15) is 30.4 Å². The van der Waals surface area contributed by atoms with E-state index in [1.165, 1.54) is 29.2 Å². The van der Waals surface area contributed by atoms with Gasteiger partial charge in [-0.2, -0.15) is 0 Å². The molecule has 4 atom stereocenters. The number of phenols is 1. The molecule has 1 heterocycles. The molecule has 2 aromatic rings. The van der Waals surface area contributed by atoms with Crippen molar-refractivity contribution < 1.29 is 39.3 Å². The third-order valence-electron chi connectivity index (χ3n) is 6.46. The van der Waals surface area contributed by atoms with Gasteiger partial charge >= 0.3 is 11.9 Å². The molecular weight excluding hydrogens is 508 g/mol. The molecule has 1 fully saturated rings. The molecular formula is C27H32N4O8. The first-order valence-corrected chi connectivity index (χ1v) is 12.5. The molecule has 0 radical (unpaired) electrons. The summed E-state index contributed by atoms with van der Waals surface area (Å²) in [5.74, 6) is -4.91. The lowest BCUT2D eigenvalue weighted by molar-refractivity contribution is -0.144. The number of aromatic hydroxyl groups is 1. The quantitative estimate of drug-likeness (QED) is 0.215. The van der Waals surface area contributed by atoms with Crippen LogP contribution < -0.4 is 16.4 Å². The molecule has 1 aliphatic heterocycles. The largest absolute Gasteiger partial charge is 0.508 e. The molecule has 3 amide bonds. The molecule has 0 bridgehead atoms. The van der Waals surface area contributed by atoms with E-state index in [0.29, 0.717) is 18.4 Å². The van der Waals surface area contributed by atoms with Crippen molar-refractivity contribution in [2.24, 2.45) is 5.73 Å². The lowest BCUT2D eigenvalue weighted by Crippen LogP contribution is -2.57. The van der Waals surface area contributed by atoms with E-state index >= 15 is 0 Å². The minimum Gasteiger partial charge on any atom is -0.508 e. The van der Waals surface area contributed by atoms with Crippen LogP contribution in [0.2, 0.25) is 0 Å². The lowest BCUT2D eigenvalue weighted by atomic mass is 10.0. The number of hydrogen-bond donors (Lipinski definition) is 6. The smallest absolute Gasteiger partial charge is 0.326 e. The molecule has 0 aromatic heterocycles. The molecule has 2 aromatic carbocycles. The molecule has 12 nitrogen and oxygen atoms in total. The number of hydrogen-bond acceptors (Lipinski definition) is 7. The molecule has 0 saturated carbocycles. The molecule has 208 valence electrons. The maximum atomic E-state index is 13.1. The number of carboxylic acids is 2. The van der Waals surface area contributed by atoms with Crippen LogP contribution in [0.5, 0.6) is 5.75 Å². The number of nitrogens with zero attached hydrogens (tertiary/aromatic N) is 1. The van der Waals surface area contributed by atoms with E-state index in [1.807, 2.05) is 30.3 Å². The van der Waals surface area contributed by atoms with Crippen molar-refractivity contribution in [3.8, 4) is 5.75 Å². The average molecular weight is 541 g/mol. The van der Waals surface area contributed by atoms with Crippen molar-refractivity contribution in [2.45, 2.75) is 56.3 Å². The van der Waals surface area contributed by atoms with Gasteiger partial charge in [0.15, 0.2) is 0 Å². The highest BCUT2D eigenvalue weighted by atomic mass is 16.4. The summed E-state index contributed by atoms with van der Waals surface area (Å²) >= 11 is 0. The highest BCUT2D eigenvalue weighted by molar-refractivity contribution is 5.96. The summed E-state index contributed by atoms with van der Waals surface area (Å²) in [5, 5.41) is 33.0. The fourth-order valence-electron chi connectivity index (χ4n) is 4.46. The Morgan fingerprint density at radius 1 is 0.897 bits per heavy atom. The Labute approximate surface area is 224 Å². The number of benzene rings is 2. The van der Waals surface area contributed by atoms with E-state index in [9.17, 15) is 39.3 Å². The molecule has 1 saturated heterocycles. The summed E-state index contributed by atoms with van der Waals surface area (Å²) in [4.78, 5) is 63.6. The molecule has 0 spiro atoms. The summed E-state index contributed by atoms with van der Waals surface area (Å²) < 4.78 is 0. The van der Waals surface area contributed by atoms with E-state index in [4.69, 9.17) is 5.73 Å². The van der Waals surface area contributed by atoms with E-state index in [-0.39, 0.29) is 25.1 Å². The molecule has 7 N–H and O–H groups in total. The minimum atomic E-state index is -1.58. The molecule has 1 aliphatic rings. The third kappa shape index (κ3) is 8.27. The molecule has 0 aliphatic carbocycles. The Kier molecular flexibility index (Phi) is 9.98. The van der Waals surface area contributed by atoms with Crippen molar-refractivity contribution >= 4 is 29.7 Å². The highest BCUT2D eigenvalue weighted by Crippen LogP contribution is 2.20. The number of likely N-dealkylation sites (tertiary alicyclic amines) is 1. The van der Waals surface area contributed by atoms with Gasteiger partial charge in [-0.3, -0.25) is 19.2 Å². The number of carboxylic acid groups (broad SMARTS) is 2. The second-order valence-corrected chi connectivity index (χ2v) is 9.41. The summed E-state index contributed by atoms with van der Waals surface area (Å²) in [5.41, 5.74) is 7.49. The van der Waals surface area contributed by atoms with Gasteiger partial charge in [-0.1, -0.05) is 42.5 Å². The third-order valence-corrected chi connectivity index (χ3v) is 6.46. The zero-order chi connectivity index (χ0) is 28.5. The SMILES string of the molecule is NC(Cc1ccccc1)C(=O)N1CCCC1C(=O)NC(CC(=O)O)C(=O)NC(Cc1ccc(O)cc1)C(=O)O. The number of nitrogens with one attached hydrogen (secondary N) is 2. The van der Waals surface area contributed by atoms with Crippen molar-refractivity contribution in [1.82, 2.24) is 15.5 Å². The van der Waals surface area contributed by atoms with E-state index in [2.05, 4.69) is 10.6 Å². The monoisotopic (exact) mass is 540 g/mol. The first-order chi connectivity index (χ1) is 18.5. The number of amides is 3. The van der Waals surface area contributed by atoms with Gasteiger partial charge in [0.1, 0.15) is 23.9 Å². The molecule has 4 unspecified atom stereocenters. The van der Waals surface area contributed by atoms with Crippen LogP contribution in [0.4, 0.5) is 0 Å².